The summed E-state index contributed by atoms with van der Waals surface area (Å²) in [5.74, 6) is 0. The molecule has 2 aromatic carbocycles. The number of hydrogen-bond acceptors (Lipinski definition) is 1. The molecule has 0 fully saturated rings. The van der Waals surface area contributed by atoms with E-state index in [0.29, 0.717) is 5.69 Å². The van der Waals surface area contributed by atoms with Gasteiger partial charge in [-0.2, -0.15) is 18.1 Å². The molecule has 5 heteroatoms. The molecule has 30 heavy (non-hydrogen) atoms. The van der Waals surface area contributed by atoms with Gasteiger partial charge in [-0.3, -0.25) is 0 Å². The van der Waals surface area contributed by atoms with E-state index in [1.807, 2.05) is 26.0 Å². The molecule has 0 heterocycles. The van der Waals surface area contributed by atoms with E-state index in [-0.39, 0.29) is 46.5 Å². The summed E-state index contributed by atoms with van der Waals surface area (Å²) >= 11 is 0. The van der Waals surface area contributed by atoms with Crippen LogP contribution in [0.1, 0.15) is 41.2 Å². The number of benzene rings is 2. The van der Waals surface area contributed by atoms with E-state index in [4.69, 9.17) is 5.73 Å². The zero-order valence-corrected chi connectivity index (χ0v) is 21.9. The van der Waals surface area contributed by atoms with Gasteiger partial charge in [0, 0.05) is 6.54 Å². The third kappa shape index (κ3) is 8.53. The minimum Gasteiger partial charge on any atom is -1.00 e. The van der Waals surface area contributed by atoms with E-state index in [9.17, 15) is 0 Å². The van der Waals surface area contributed by atoms with Crippen LogP contribution in [0.4, 0.5) is 5.69 Å². The number of allylic oxidation sites excluding steroid dienone is 2. The molecule has 0 aliphatic heterocycles. The Morgan fingerprint density at radius 3 is 2.10 bits per heavy atom. The molecule has 1 N–H and O–H groups in total. The molecule has 1 aliphatic carbocycles. The van der Waals surface area contributed by atoms with E-state index in [0.717, 1.165) is 24.1 Å². The fraction of sp³-hybridized carbons (Fsp3) is 0.320. The van der Waals surface area contributed by atoms with E-state index < -0.39 is 0 Å². The fourth-order valence-electron chi connectivity index (χ4n) is 3.53. The molecule has 2 aromatic rings. The Morgan fingerprint density at radius 2 is 1.57 bits per heavy atom. The summed E-state index contributed by atoms with van der Waals surface area (Å²) in [7, 11) is 4.24. The first-order chi connectivity index (χ1) is 12.8. The van der Waals surface area contributed by atoms with Crippen molar-refractivity contribution in [1.29, 1.82) is 0 Å². The molecule has 0 unspecified atom stereocenters. The minimum absolute atomic E-state index is 0. The van der Waals surface area contributed by atoms with Crippen molar-refractivity contribution in [2.24, 2.45) is 0 Å². The molecule has 1 aliphatic rings. The van der Waals surface area contributed by atoms with E-state index >= 15 is 0 Å². The summed E-state index contributed by atoms with van der Waals surface area (Å²) in [4.78, 5) is 2.23. The molecule has 0 amide bonds. The number of halogens is 2. The number of likely N-dealkylation sites (N-methyl/N-ethyl adjacent to an activating group) is 1. The first kappa shape index (κ1) is 31.0. The van der Waals surface area contributed by atoms with Crippen LogP contribution in [-0.4, -0.2) is 25.5 Å². The standard InChI is InChI=1S/C16H20N.C9H12N.2ClH.Ti/c1-4-13-8-5-6-10-15(13)16-11-7-9-14(16)12-17(2)3;1-6-4-7(2)9(10)8(3)5-6;;;/h4-10H,11-12H2,1-3H3;4-5,10H,1-3H3;2*1H;/q2*-1;;;+2/p-2. The van der Waals surface area contributed by atoms with Crippen LogP contribution in [0, 0.1) is 27.2 Å². The second-order valence-corrected chi connectivity index (χ2v) is 7.50. The van der Waals surface area contributed by atoms with Crippen LogP contribution in [0.15, 0.2) is 54.1 Å². The molecule has 0 aromatic heterocycles. The van der Waals surface area contributed by atoms with Gasteiger partial charge in [-0.1, -0.05) is 59.5 Å². The molecule has 0 bridgehead atoms. The summed E-state index contributed by atoms with van der Waals surface area (Å²) in [6, 6.07) is 12.7. The van der Waals surface area contributed by atoms with Gasteiger partial charge in [-0.15, -0.1) is 23.4 Å². The van der Waals surface area contributed by atoms with Gasteiger partial charge >= 0.3 is 21.7 Å². The molecule has 0 radical (unpaired) electrons. The smallest absolute Gasteiger partial charge is 1.00 e. The van der Waals surface area contributed by atoms with Crippen LogP contribution in [0.5, 0.6) is 0 Å². The van der Waals surface area contributed by atoms with Crippen LogP contribution < -0.4 is 24.8 Å². The minimum atomic E-state index is 0. The average Bonchev–Trinajstić information content (AvgIpc) is 3.07. The van der Waals surface area contributed by atoms with Crippen molar-refractivity contribution in [3.05, 3.63) is 94.1 Å². The Morgan fingerprint density at radius 1 is 1.00 bits per heavy atom. The monoisotopic (exact) mass is 478 g/mol. The molecule has 2 nitrogen and oxygen atoms in total. The first-order valence-electron chi connectivity index (χ1n) is 9.55. The number of aryl methyl sites for hydroxylation is 3. The zero-order valence-electron chi connectivity index (χ0n) is 18.8. The Hall–Kier alpha value is -1.16. The first-order valence-corrected chi connectivity index (χ1v) is 9.55. The second kappa shape index (κ2) is 14.8. The summed E-state index contributed by atoms with van der Waals surface area (Å²) in [5, 5.41) is 0. The molecule has 0 atom stereocenters. The van der Waals surface area contributed by atoms with Crippen molar-refractivity contribution in [2.45, 2.75) is 34.1 Å². The van der Waals surface area contributed by atoms with E-state index in [2.05, 4.69) is 75.7 Å². The largest absolute Gasteiger partial charge is 2.00 e. The van der Waals surface area contributed by atoms with Gasteiger partial charge in [0.1, 0.15) is 0 Å². The van der Waals surface area contributed by atoms with Crippen molar-refractivity contribution < 1.29 is 46.5 Å². The number of hydrogen-bond donors (Lipinski definition) is 0. The van der Waals surface area contributed by atoms with Crippen molar-refractivity contribution in [1.82, 2.24) is 4.90 Å². The predicted octanol–water partition coefficient (Wildman–Crippen LogP) is 0.835. The van der Waals surface area contributed by atoms with Gasteiger partial charge < -0.3 is 35.4 Å². The molecule has 3 rings (SSSR count). The molecule has 0 spiro atoms. The summed E-state index contributed by atoms with van der Waals surface area (Å²) < 4.78 is 0. The SMILES string of the molecule is C[CH-]c1ccccc1C1=C(CN(C)C)C=CC1.Cc1cc(C)c([NH-])c(C)c1.[Cl-].[Cl-].[Ti+2]. The number of rotatable bonds is 4. The molecule has 162 valence electrons. The third-order valence-electron chi connectivity index (χ3n) is 4.79. The van der Waals surface area contributed by atoms with Crippen molar-refractivity contribution in [3.63, 3.8) is 0 Å². The molecular formula is C25H32Cl2N2Ti-2. The topological polar surface area (TPSA) is 27.0 Å². The molecular weight excluding hydrogens is 447 g/mol. The van der Waals surface area contributed by atoms with Crippen molar-refractivity contribution in [2.75, 3.05) is 20.6 Å². The van der Waals surface area contributed by atoms with Crippen LogP contribution in [-0.2, 0) is 21.7 Å². The van der Waals surface area contributed by atoms with Crippen LogP contribution in [0.2, 0.25) is 0 Å². The number of nitrogens with one attached hydrogen (secondary N) is 1. The molecule has 0 saturated carbocycles. The van der Waals surface area contributed by atoms with Gasteiger partial charge in [0.25, 0.3) is 0 Å². The van der Waals surface area contributed by atoms with E-state index in [1.165, 1.54) is 27.8 Å². The maximum atomic E-state index is 7.54. The van der Waals surface area contributed by atoms with E-state index in [1.54, 1.807) is 0 Å². The van der Waals surface area contributed by atoms with Crippen LogP contribution in [0.3, 0.4) is 0 Å². The quantitative estimate of drug-likeness (QED) is 0.472. The third-order valence-corrected chi connectivity index (χ3v) is 4.79. The average molecular weight is 479 g/mol. The van der Waals surface area contributed by atoms with Crippen LogP contribution >= 0.6 is 0 Å². The molecule has 0 saturated heterocycles. The van der Waals surface area contributed by atoms with Gasteiger partial charge in [-0.25, -0.2) is 0 Å². The summed E-state index contributed by atoms with van der Waals surface area (Å²) in [6.07, 6.45) is 7.78. The maximum Gasteiger partial charge on any atom is 2.00 e. The van der Waals surface area contributed by atoms with Gasteiger partial charge in [-0.05, 0) is 46.9 Å². The van der Waals surface area contributed by atoms with Gasteiger partial charge in [0.15, 0.2) is 0 Å². The number of nitrogens with zero attached hydrogens (tertiary/aromatic N) is 1. The Balaban J connectivity index is 0. The maximum absolute atomic E-state index is 7.54. The summed E-state index contributed by atoms with van der Waals surface area (Å²) in [6.45, 7) is 9.13. The Bertz CT molecular complexity index is 835. The van der Waals surface area contributed by atoms with Crippen molar-refractivity contribution in [3.8, 4) is 0 Å². The van der Waals surface area contributed by atoms with Crippen molar-refractivity contribution >= 4 is 11.3 Å². The zero-order chi connectivity index (χ0) is 20.0. The van der Waals surface area contributed by atoms with Gasteiger partial charge in [0.05, 0.1) is 0 Å². The predicted molar refractivity (Wildman–Crippen MR) is 119 cm³/mol. The van der Waals surface area contributed by atoms with Gasteiger partial charge in [0.2, 0.25) is 0 Å². The Kier molecular flexibility index (Phi) is 15.3. The normalized spacial score (nSPS) is 11.7. The Labute approximate surface area is 210 Å². The summed E-state index contributed by atoms with van der Waals surface area (Å²) in [5.41, 5.74) is 17.2. The fourth-order valence-corrected chi connectivity index (χ4v) is 3.53. The van der Waals surface area contributed by atoms with Crippen LogP contribution in [0.25, 0.3) is 11.3 Å². The second-order valence-electron chi connectivity index (χ2n) is 7.50.